The predicted molar refractivity (Wildman–Crippen MR) is 98.1 cm³/mol. The summed E-state index contributed by atoms with van der Waals surface area (Å²) in [5, 5.41) is 21.2. The van der Waals surface area contributed by atoms with E-state index in [1.807, 2.05) is 23.8 Å². The number of hydrogen-bond donors (Lipinski definition) is 3. The van der Waals surface area contributed by atoms with E-state index in [-0.39, 0.29) is 0 Å². The monoisotopic (exact) mass is 338 g/mol. The minimum atomic E-state index is -0.922. The van der Waals surface area contributed by atoms with Crippen LogP contribution in [0.2, 0.25) is 0 Å². The van der Waals surface area contributed by atoms with Gasteiger partial charge in [0.25, 0.3) is 0 Å². The second-order valence-electron chi connectivity index (χ2n) is 6.41. The smallest absolute Gasteiger partial charge is 0.191 e. The number of likely N-dealkylation sites (tertiary alicyclic amines) is 1. The van der Waals surface area contributed by atoms with Crippen LogP contribution in [0.5, 0.6) is 0 Å². The minimum absolute atomic E-state index is 0.352. The molecule has 2 unspecified atom stereocenters. The highest BCUT2D eigenvalue weighted by atomic mass is 32.1. The van der Waals surface area contributed by atoms with Crippen molar-refractivity contribution < 1.29 is 5.11 Å². The van der Waals surface area contributed by atoms with Crippen LogP contribution in [0.4, 0.5) is 0 Å². The number of nitrogens with zero attached hydrogens (tertiary/aromatic N) is 2. The quantitative estimate of drug-likeness (QED) is 0.525. The van der Waals surface area contributed by atoms with Crippen molar-refractivity contribution in [1.29, 1.82) is 0 Å². The van der Waals surface area contributed by atoms with E-state index in [4.69, 9.17) is 0 Å². The zero-order chi connectivity index (χ0) is 16.7. The molecular formula is C17H30N4OS. The Labute approximate surface area is 143 Å². The summed E-state index contributed by atoms with van der Waals surface area (Å²) in [5.74, 6) is 1.47. The SMILES string of the molecule is CCNC(=NCC(C)(O)c1ccsc1)NCC1CCN(CC)C1. The van der Waals surface area contributed by atoms with Crippen LogP contribution in [-0.2, 0) is 5.60 Å². The van der Waals surface area contributed by atoms with Crippen LogP contribution in [-0.4, -0.2) is 55.2 Å². The van der Waals surface area contributed by atoms with E-state index in [1.165, 1.54) is 13.0 Å². The van der Waals surface area contributed by atoms with Gasteiger partial charge in [-0.1, -0.05) is 6.92 Å². The average Bonchev–Trinajstić information content (AvgIpc) is 3.21. The molecule has 0 saturated carbocycles. The summed E-state index contributed by atoms with van der Waals surface area (Å²) in [6.07, 6.45) is 1.24. The summed E-state index contributed by atoms with van der Waals surface area (Å²) in [5.41, 5.74) is 0.00539. The minimum Gasteiger partial charge on any atom is -0.383 e. The summed E-state index contributed by atoms with van der Waals surface area (Å²) in [6, 6.07) is 1.96. The Morgan fingerprint density at radius 2 is 2.30 bits per heavy atom. The normalized spacial score (nSPS) is 22.1. The van der Waals surface area contributed by atoms with Gasteiger partial charge in [0, 0.05) is 19.6 Å². The number of aliphatic imine (C=N–C) groups is 1. The van der Waals surface area contributed by atoms with Gasteiger partial charge in [0.05, 0.1) is 6.54 Å². The molecule has 0 radical (unpaired) electrons. The first-order chi connectivity index (χ1) is 11.0. The predicted octanol–water partition coefficient (Wildman–Crippen LogP) is 1.85. The fraction of sp³-hybridized carbons (Fsp3) is 0.706. The Hall–Kier alpha value is -1.11. The molecule has 0 aromatic carbocycles. The lowest BCUT2D eigenvalue weighted by Gasteiger charge is -2.21. The molecule has 0 amide bonds. The number of nitrogens with one attached hydrogen (secondary N) is 2. The molecule has 130 valence electrons. The standard InChI is InChI=1S/C17H30N4OS/c1-4-18-16(19-10-14-6-8-21(5-2)11-14)20-13-17(3,22)15-7-9-23-12-15/h7,9,12,14,22H,4-6,8,10-11,13H2,1-3H3,(H2,18,19,20). The second kappa shape index (κ2) is 8.66. The number of thiophene rings is 1. The van der Waals surface area contributed by atoms with Crippen LogP contribution in [0.1, 0.15) is 32.8 Å². The maximum absolute atomic E-state index is 10.6. The van der Waals surface area contributed by atoms with E-state index < -0.39 is 5.60 Å². The van der Waals surface area contributed by atoms with Gasteiger partial charge in [-0.15, -0.1) is 0 Å². The summed E-state index contributed by atoms with van der Waals surface area (Å²) >= 11 is 1.60. The van der Waals surface area contributed by atoms with Crippen molar-refractivity contribution in [2.75, 3.05) is 39.3 Å². The molecule has 23 heavy (non-hydrogen) atoms. The lowest BCUT2D eigenvalue weighted by Crippen LogP contribution is -2.41. The highest BCUT2D eigenvalue weighted by Gasteiger charge is 2.24. The molecule has 0 spiro atoms. The fourth-order valence-corrected chi connectivity index (χ4v) is 3.63. The molecule has 1 aromatic heterocycles. The van der Waals surface area contributed by atoms with Crippen LogP contribution < -0.4 is 10.6 Å². The third-order valence-electron chi connectivity index (χ3n) is 4.41. The van der Waals surface area contributed by atoms with E-state index in [0.29, 0.717) is 12.5 Å². The van der Waals surface area contributed by atoms with Crippen molar-refractivity contribution in [2.24, 2.45) is 10.9 Å². The summed E-state index contributed by atoms with van der Waals surface area (Å²) in [7, 11) is 0. The first-order valence-electron chi connectivity index (χ1n) is 8.54. The van der Waals surface area contributed by atoms with Crippen molar-refractivity contribution in [2.45, 2.75) is 32.8 Å². The molecule has 1 aliphatic rings. The van der Waals surface area contributed by atoms with Gasteiger partial charge in [0.1, 0.15) is 5.60 Å². The first-order valence-corrected chi connectivity index (χ1v) is 9.49. The molecule has 2 heterocycles. The summed E-state index contributed by atoms with van der Waals surface area (Å²) in [4.78, 5) is 7.06. The molecule has 6 heteroatoms. The molecule has 1 fully saturated rings. The molecule has 0 aliphatic carbocycles. The Morgan fingerprint density at radius 3 is 2.91 bits per heavy atom. The van der Waals surface area contributed by atoms with E-state index in [2.05, 4.69) is 34.4 Å². The van der Waals surface area contributed by atoms with E-state index in [0.717, 1.165) is 37.7 Å². The van der Waals surface area contributed by atoms with Gasteiger partial charge >= 0.3 is 0 Å². The lowest BCUT2D eigenvalue weighted by atomic mass is 10.00. The number of guanidine groups is 1. The van der Waals surface area contributed by atoms with Crippen LogP contribution in [0.3, 0.4) is 0 Å². The Morgan fingerprint density at radius 1 is 1.48 bits per heavy atom. The van der Waals surface area contributed by atoms with Crippen molar-refractivity contribution in [3.8, 4) is 0 Å². The molecule has 0 bridgehead atoms. The third kappa shape index (κ3) is 5.48. The van der Waals surface area contributed by atoms with E-state index >= 15 is 0 Å². The topological polar surface area (TPSA) is 59.9 Å². The van der Waals surface area contributed by atoms with E-state index in [1.54, 1.807) is 11.3 Å². The molecular weight excluding hydrogens is 308 g/mol. The molecule has 5 nitrogen and oxygen atoms in total. The maximum Gasteiger partial charge on any atom is 0.191 e. The number of hydrogen-bond acceptors (Lipinski definition) is 4. The van der Waals surface area contributed by atoms with Crippen LogP contribution >= 0.6 is 11.3 Å². The summed E-state index contributed by atoms with van der Waals surface area (Å²) in [6.45, 7) is 11.7. The third-order valence-corrected chi connectivity index (χ3v) is 5.09. The average molecular weight is 339 g/mol. The molecule has 2 rings (SSSR count). The molecule has 2 atom stereocenters. The van der Waals surface area contributed by atoms with Gasteiger partial charge < -0.3 is 20.6 Å². The van der Waals surface area contributed by atoms with Gasteiger partial charge in [-0.25, -0.2) is 4.99 Å². The Kier molecular flexibility index (Phi) is 6.87. The van der Waals surface area contributed by atoms with Crippen LogP contribution in [0.25, 0.3) is 0 Å². The molecule has 1 saturated heterocycles. The molecule has 1 aliphatic heterocycles. The van der Waals surface area contributed by atoms with Gasteiger partial charge in [0.2, 0.25) is 0 Å². The highest BCUT2D eigenvalue weighted by Crippen LogP contribution is 2.23. The van der Waals surface area contributed by atoms with Gasteiger partial charge in [-0.3, -0.25) is 0 Å². The largest absolute Gasteiger partial charge is 0.383 e. The number of aliphatic hydroxyl groups is 1. The van der Waals surface area contributed by atoms with E-state index in [9.17, 15) is 5.11 Å². The number of rotatable bonds is 7. The second-order valence-corrected chi connectivity index (χ2v) is 7.19. The van der Waals surface area contributed by atoms with Crippen molar-refractivity contribution >= 4 is 17.3 Å². The first kappa shape index (κ1) is 18.2. The maximum atomic E-state index is 10.6. The Balaban J connectivity index is 1.87. The zero-order valence-electron chi connectivity index (χ0n) is 14.5. The molecule has 1 aromatic rings. The van der Waals surface area contributed by atoms with Gasteiger partial charge in [-0.2, -0.15) is 11.3 Å². The Bertz CT molecular complexity index is 487. The van der Waals surface area contributed by atoms with Crippen molar-refractivity contribution in [3.05, 3.63) is 22.4 Å². The van der Waals surface area contributed by atoms with Crippen molar-refractivity contribution in [1.82, 2.24) is 15.5 Å². The van der Waals surface area contributed by atoms with Gasteiger partial charge in [0.15, 0.2) is 5.96 Å². The molecule has 3 N–H and O–H groups in total. The highest BCUT2D eigenvalue weighted by molar-refractivity contribution is 7.08. The van der Waals surface area contributed by atoms with Crippen molar-refractivity contribution in [3.63, 3.8) is 0 Å². The van der Waals surface area contributed by atoms with Crippen LogP contribution in [0, 0.1) is 5.92 Å². The van der Waals surface area contributed by atoms with Gasteiger partial charge in [-0.05, 0) is 61.7 Å². The zero-order valence-corrected chi connectivity index (χ0v) is 15.3. The summed E-state index contributed by atoms with van der Waals surface area (Å²) < 4.78 is 0. The van der Waals surface area contributed by atoms with Crippen LogP contribution in [0.15, 0.2) is 21.8 Å². The fourth-order valence-electron chi connectivity index (χ4n) is 2.84. The lowest BCUT2D eigenvalue weighted by molar-refractivity contribution is 0.0677.